The van der Waals surface area contributed by atoms with Crippen molar-refractivity contribution in [3.63, 3.8) is 0 Å². The lowest BCUT2D eigenvalue weighted by Gasteiger charge is -2.27. The predicted molar refractivity (Wildman–Crippen MR) is 147 cm³/mol. The van der Waals surface area contributed by atoms with E-state index in [1.165, 1.54) is 69.8 Å². The maximum atomic E-state index is 12.7. The van der Waals surface area contributed by atoms with Crippen molar-refractivity contribution < 1.29 is 9.53 Å². The SMILES string of the molecule is CCCCCCCCc1cnc(-c2ccc(OC(=O)[C@H]3CC[C@H](CCCCC)CC3)cc2)c(Cl)c1. The number of carbonyl (C=O) groups excluding carboxylic acids is 1. The minimum Gasteiger partial charge on any atom is -0.426 e. The molecule has 0 bridgehead atoms. The Morgan fingerprint density at radius 1 is 0.914 bits per heavy atom. The van der Waals surface area contributed by atoms with Crippen molar-refractivity contribution in [3.8, 4) is 17.0 Å². The number of benzene rings is 1. The van der Waals surface area contributed by atoms with Crippen molar-refractivity contribution in [3.05, 3.63) is 47.1 Å². The van der Waals surface area contributed by atoms with Crippen LogP contribution in [-0.4, -0.2) is 11.0 Å². The van der Waals surface area contributed by atoms with Crippen LogP contribution >= 0.6 is 11.6 Å². The van der Waals surface area contributed by atoms with Gasteiger partial charge in [-0.05, 0) is 80.3 Å². The molecule has 2 aromatic rings. The zero-order chi connectivity index (χ0) is 24.9. The van der Waals surface area contributed by atoms with Crippen LogP contribution in [0.3, 0.4) is 0 Å². The van der Waals surface area contributed by atoms with E-state index in [1.54, 1.807) is 0 Å². The van der Waals surface area contributed by atoms with Crippen LogP contribution in [0.4, 0.5) is 0 Å². The molecule has 0 spiro atoms. The van der Waals surface area contributed by atoms with Crippen molar-refractivity contribution in [2.45, 2.75) is 110 Å². The molecule has 0 saturated heterocycles. The first kappa shape index (κ1) is 27.7. The van der Waals surface area contributed by atoms with Crippen LogP contribution in [0.5, 0.6) is 5.75 Å². The third-order valence-electron chi connectivity index (χ3n) is 7.46. The Morgan fingerprint density at radius 3 is 2.26 bits per heavy atom. The summed E-state index contributed by atoms with van der Waals surface area (Å²) in [6, 6.07) is 9.63. The molecule has 0 unspecified atom stereocenters. The van der Waals surface area contributed by atoms with Gasteiger partial charge in [-0.2, -0.15) is 0 Å². The lowest BCUT2D eigenvalue weighted by atomic mass is 9.80. The van der Waals surface area contributed by atoms with Crippen LogP contribution in [0.25, 0.3) is 11.3 Å². The topological polar surface area (TPSA) is 39.2 Å². The van der Waals surface area contributed by atoms with Gasteiger partial charge < -0.3 is 4.74 Å². The van der Waals surface area contributed by atoms with Crippen LogP contribution in [0.1, 0.15) is 109 Å². The van der Waals surface area contributed by atoms with Gasteiger partial charge in [0.1, 0.15) is 5.75 Å². The molecule has 1 aliphatic carbocycles. The number of aryl methyl sites for hydroxylation is 1. The van der Waals surface area contributed by atoms with Gasteiger partial charge in [0.25, 0.3) is 0 Å². The molecule has 1 fully saturated rings. The van der Waals surface area contributed by atoms with Crippen molar-refractivity contribution in [1.82, 2.24) is 4.98 Å². The van der Waals surface area contributed by atoms with Crippen LogP contribution < -0.4 is 4.74 Å². The quantitative estimate of drug-likeness (QED) is 0.148. The highest BCUT2D eigenvalue weighted by molar-refractivity contribution is 6.33. The fraction of sp³-hybridized carbons (Fsp3) is 0.613. The largest absolute Gasteiger partial charge is 0.426 e. The van der Waals surface area contributed by atoms with Crippen molar-refractivity contribution in [2.24, 2.45) is 11.8 Å². The van der Waals surface area contributed by atoms with E-state index in [0.29, 0.717) is 10.8 Å². The van der Waals surface area contributed by atoms with Gasteiger partial charge in [0.2, 0.25) is 0 Å². The summed E-state index contributed by atoms with van der Waals surface area (Å²) in [5.41, 5.74) is 2.91. The van der Waals surface area contributed by atoms with Gasteiger partial charge in [-0.15, -0.1) is 0 Å². The average Bonchev–Trinajstić information content (AvgIpc) is 2.87. The first-order valence-electron chi connectivity index (χ1n) is 14.1. The highest BCUT2D eigenvalue weighted by atomic mass is 35.5. The molecule has 0 radical (unpaired) electrons. The molecule has 3 nitrogen and oxygen atoms in total. The van der Waals surface area contributed by atoms with E-state index < -0.39 is 0 Å². The van der Waals surface area contributed by atoms with Crippen LogP contribution in [-0.2, 0) is 11.2 Å². The number of esters is 1. The Balaban J connectivity index is 1.46. The predicted octanol–water partition coefficient (Wildman–Crippen LogP) is 9.60. The maximum absolute atomic E-state index is 12.7. The Kier molecular flexibility index (Phi) is 12.1. The third kappa shape index (κ3) is 9.26. The first-order valence-corrected chi connectivity index (χ1v) is 14.4. The van der Waals surface area contributed by atoms with Crippen molar-refractivity contribution >= 4 is 17.6 Å². The number of hydrogen-bond donors (Lipinski definition) is 0. The molecule has 3 rings (SSSR count). The maximum Gasteiger partial charge on any atom is 0.314 e. The van der Waals surface area contributed by atoms with Gasteiger partial charge in [-0.1, -0.05) is 83.2 Å². The number of nitrogens with zero attached hydrogens (tertiary/aromatic N) is 1. The number of pyridine rings is 1. The van der Waals surface area contributed by atoms with E-state index in [4.69, 9.17) is 16.3 Å². The fourth-order valence-electron chi connectivity index (χ4n) is 5.19. The summed E-state index contributed by atoms with van der Waals surface area (Å²) in [4.78, 5) is 17.3. The summed E-state index contributed by atoms with van der Waals surface area (Å²) in [7, 11) is 0. The van der Waals surface area contributed by atoms with Gasteiger partial charge in [0.05, 0.1) is 16.6 Å². The second kappa shape index (κ2) is 15.3. The lowest BCUT2D eigenvalue weighted by Crippen LogP contribution is -2.25. The monoisotopic (exact) mass is 497 g/mol. The highest BCUT2D eigenvalue weighted by Gasteiger charge is 2.27. The van der Waals surface area contributed by atoms with E-state index in [2.05, 4.69) is 18.8 Å². The molecular weight excluding hydrogens is 454 g/mol. The van der Waals surface area contributed by atoms with Gasteiger partial charge in [0.15, 0.2) is 0 Å². The number of rotatable bonds is 14. The minimum atomic E-state index is -0.0834. The molecule has 4 heteroatoms. The summed E-state index contributed by atoms with van der Waals surface area (Å²) < 4.78 is 5.71. The third-order valence-corrected chi connectivity index (χ3v) is 7.75. The van der Waals surface area contributed by atoms with E-state index in [1.807, 2.05) is 36.5 Å². The van der Waals surface area contributed by atoms with Crippen molar-refractivity contribution in [2.75, 3.05) is 0 Å². The summed E-state index contributed by atoms with van der Waals surface area (Å²) in [5, 5.41) is 0.675. The summed E-state index contributed by atoms with van der Waals surface area (Å²) in [6.07, 6.45) is 20.1. The molecular formula is C31H44ClNO2. The molecule has 1 aromatic carbocycles. The van der Waals surface area contributed by atoms with Gasteiger partial charge in [0, 0.05) is 11.8 Å². The Hall–Kier alpha value is -1.87. The molecule has 0 N–H and O–H groups in total. The molecule has 1 aromatic heterocycles. The summed E-state index contributed by atoms with van der Waals surface area (Å²) >= 11 is 6.57. The zero-order valence-electron chi connectivity index (χ0n) is 21.9. The van der Waals surface area contributed by atoms with Gasteiger partial charge in [-0.3, -0.25) is 9.78 Å². The number of unbranched alkanes of at least 4 members (excludes halogenated alkanes) is 7. The van der Waals surface area contributed by atoms with E-state index >= 15 is 0 Å². The standard InChI is InChI=1S/C31H44ClNO2/c1-3-5-7-8-9-11-13-25-22-29(32)30(33-23-25)26-18-20-28(21-19-26)35-31(34)27-16-14-24(15-17-27)12-10-6-4-2/h18-24,27H,3-17H2,1-2H3/t24-,27-. The lowest BCUT2D eigenvalue weighted by molar-refractivity contribution is -0.140. The smallest absolute Gasteiger partial charge is 0.314 e. The minimum absolute atomic E-state index is 0.0346. The fourth-order valence-corrected chi connectivity index (χ4v) is 5.48. The summed E-state index contributed by atoms with van der Waals surface area (Å²) in [5.74, 6) is 1.34. The Labute approximate surface area is 218 Å². The first-order chi connectivity index (χ1) is 17.1. The molecule has 192 valence electrons. The van der Waals surface area contributed by atoms with Crippen molar-refractivity contribution in [1.29, 1.82) is 0 Å². The summed E-state index contributed by atoms with van der Waals surface area (Å²) in [6.45, 7) is 4.49. The van der Waals surface area contributed by atoms with E-state index in [9.17, 15) is 4.79 Å². The normalized spacial score (nSPS) is 17.9. The van der Waals surface area contributed by atoms with Gasteiger partial charge >= 0.3 is 5.97 Å². The molecule has 35 heavy (non-hydrogen) atoms. The number of hydrogen-bond acceptors (Lipinski definition) is 3. The molecule has 0 atom stereocenters. The Morgan fingerprint density at radius 2 is 1.57 bits per heavy atom. The molecule has 1 heterocycles. The second-order valence-corrected chi connectivity index (χ2v) is 10.8. The van der Waals surface area contributed by atoms with Crippen LogP contribution in [0, 0.1) is 11.8 Å². The van der Waals surface area contributed by atoms with Gasteiger partial charge in [-0.25, -0.2) is 0 Å². The molecule has 0 aliphatic heterocycles. The number of aromatic nitrogens is 1. The molecule has 1 saturated carbocycles. The van der Waals surface area contributed by atoms with Crippen LogP contribution in [0.2, 0.25) is 5.02 Å². The Bertz CT molecular complexity index is 887. The number of carbonyl (C=O) groups is 1. The molecule has 1 aliphatic rings. The highest BCUT2D eigenvalue weighted by Crippen LogP contribution is 2.33. The average molecular weight is 498 g/mol. The number of ether oxygens (including phenoxy) is 1. The van der Waals surface area contributed by atoms with E-state index in [0.717, 1.165) is 49.3 Å². The zero-order valence-corrected chi connectivity index (χ0v) is 22.6. The van der Waals surface area contributed by atoms with E-state index in [-0.39, 0.29) is 11.9 Å². The van der Waals surface area contributed by atoms with Crippen LogP contribution in [0.15, 0.2) is 36.5 Å². The number of halogens is 1. The molecule has 0 amide bonds. The second-order valence-electron chi connectivity index (χ2n) is 10.4.